The van der Waals surface area contributed by atoms with Crippen molar-refractivity contribution in [2.75, 3.05) is 5.32 Å². The van der Waals surface area contributed by atoms with E-state index in [9.17, 15) is 4.79 Å². The SMILES string of the molecule is O=C(CCc1cscn1)Nc1ccc(Br)cc1. The van der Waals surface area contributed by atoms with Gasteiger partial charge in [0.25, 0.3) is 0 Å². The molecule has 17 heavy (non-hydrogen) atoms. The quantitative estimate of drug-likeness (QED) is 0.939. The number of carbonyl (C=O) groups is 1. The lowest BCUT2D eigenvalue weighted by atomic mass is 10.2. The van der Waals surface area contributed by atoms with Gasteiger partial charge in [-0.25, -0.2) is 4.98 Å². The highest BCUT2D eigenvalue weighted by Crippen LogP contribution is 2.14. The largest absolute Gasteiger partial charge is 0.326 e. The van der Waals surface area contributed by atoms with Crippen LogP contribution < -0.4 is 5.32 Å². The number of halogens is 1. The van der Waals surface area contributed by atoms with E-state index in [-0.39, 0.29) is 5.91 Å². The summed E-state index contributed by atoms with van der Waals surface area (Å²) in [6.07, 6.45) is 1.14. The van der Waals surface area contributed by atoms with Crippen molar-refractivity contribution >= 4 is 38.9 Å². The number of amides is 1. The van der Waals surface area contributed by atoms with Crippen LogP contribution in [0.4, 0.5) is 5.69 Å². The molecule has 1 aromatic carbocycles. The van der Waals surface area contributed by atoms with Crippen LogP contribution >= 0.6 is 27.3 Å². The van der Waals surface area contributed by atoms with E-state index in [1.54, 1.807) is 16.8 Å². The highest BCUT2D eigenvalue weighted by Gasteiger charge is 2.04. The van der Waals surface area contributed by atoms with Gasteiger partial charge in [0.1, 0.15) is 0 Å². The fourth-order valence-electron chi connectivity index (χ4n) is 1.36. The number of nitrogens with one attached hydrogen (secondary N) is 1. The molecule has 1 heterocycles. The third-order valence-corrected chi connectivity index (χ3v) is 3.38. The maximum Gasteiger partial charge on any atom is 0.224 e. The Bertz CT molecular complexity index is 482. The smallest absolute Gasteiger partial charge is 0.224 e. The lowest BCUT2D eigenvalue weighted by molar-refractivity contribution is -0.116. The van der Waals surface area contributed by atoms with Crippen LogP contribution in [-0.2, 0) is 11.2 Å². The minimum absolute atomic E-state index is 0.0142. The fraction of sp³-hybridized carbons (Fsp3) is 0.167. The molecule has 1 N–H and O–H groups in total. The van der Waals surface area contributed by atoms with Crippen LogP contribution in [0.3, 0.4) is 0 Å². The Morgan fingerprint density at radius 2 is 2.12 bits per heavy atom. The van der Waals surface area contributed by atoms with Gasteiger partial charge < -0.3 is 5.32 Å². The first kappa shape index (κ1) is 12.3. The van der Waals surface area contributed by atoms with E-state index in [0.717, 1.165) is 15.9 Å². The Labute approximate surface area is 112 Å². The number of aryl methyl sites for hydroxylation is 1. The number of carbonyl (C=O) groups excluding carboxylic acids is 1. The molecule has 0 atom stereocenters. The van der Waals surface area contributed by atoms with Gasteiger partial charge in [-0.1, -0.05) is 15.9 Å². The molecule has 0 bridgehead atoms. The highest BCUT2D eigenvalue weighted by atomic mass is 79.9. The molecule has 88 valence electrons. The fourth-order valence-corrected chi connectivity index (χ4v) is 2.22. The minimum atomic E-state index is 0.0142. The Morgan fingerprint density at radius 3 is 2.76 bits per heavy atom. The van der Waals surface area contributed by atoms with Gasteiger partial charge in [-0.3, -0.25) is 4.79 Å². The summed E-state index contributed by atoms with van der Waals surface area (Å²) >= 11 is 4.90. The molecule has 0 unspecified atom stereocenters. The lowest BCUT2D eigenvalue weighted by Gasteiger charge is -2.04. The topological polar surface area (TPSA) is 42.0 Å². The summed E-state index contributed by atoms with van der Waals surface area (Å²) in [6, 6.07) is 7.53. The van der Waals surface area contributed by atoms with Crippen molar-refractivity contribution in [2.24, 2.45) is 0 Å². The van der Waals surface area contributed by atoms with E-state index in [4.69, 9.17) is 0 Å². The summed E-state index contributed by atoms with van der Waals surface area (Å²) in [5, 5.41) is 4.81. The molecular weight excluding hydrogens is 300 g/mol. The predicted octanol–water partition coefficient (Wildman–Crippen LogP) is 3.48. The Morgan fingerprint density at radius 1 is 1.35 bits per heavy atom. The number of aromatic nitrogens is 1. The number of hydrogen-bond donors (Lipinski definition) is 1. The van der Waals surface area contributed by atoms with Gasteiger partial charge in [0.2, 0.25) is 5.91 Å². The number of nitrogens with zero attached hydrogens (tertiary/aromatic N) is 1. The number of rotatable bonds is 4. The third kappa shape index (κ3) is 3.94. The monoisotopic (exact) mass is 310 g/mol. The van der Waals surface area contributed by atoms with Crippen LogP contribution in [0, 0.1) is 0 Å². The highest BCUT2D eigenvalue weighted by molar-refractivity contribution is 9.10. The van der Waals surface area contributed by atoms with Gasteiger partial charge in [0, 0.05) is 22.0 Å². The summed E-state index contributed by atoms with van der Waals surface area (Å²) in [6.45, 7) is 0. The number of anilines is 1. The van der Waals surface area contributed by atoms with Crippen LogP contribution in [0.5, 0.6) is 0 Å². The van der Waals surface area contributed by atoms with E-state index in [2.05, 4.69) is 26.2 Å². The van der Waals surface area contributed by atoms with Crippen molar-refractivity contribution in [3.05, 3.63) is 45.3 Å². The molecule has 0 saturated heterocycles. The van der Waals surface area contributed by atoms with Crippen LogP contribution in [0.25, 0.3) is 0 Å². The van der Waals surface area contributed by atoms with E-state index in [0.29, 0.717) is 12.8 Å². The molecule has 0 fully saturated rings. The maximum absolute atomic E-state index is 11.6. The minimum Gasteiger partial charge on any atom is -0.326 e. The third-order valence-electron chi connectivity index (χ3n) is 2.22. The summed E-state index contributed by atoms with van der Waals surface area (Å²) in [5.41, 5.74) is 3.57. The first-order chi connectivity index (χ1) is 8.24. The van der Waals surface area contributed by atoms with E-state index in [1.807, 2.05) is 29.6 Å². The second-order valence-electron chi connectivity index (χ2n) is 3.53. The zero-order valence-corrected chi connectivity index (χ0v) is 11.4. The van der Waals surface area contributed by atoms with Gasteiger partial charge in [0.15, 0.2) is 0 Å². The standard InChI is InChI=1S/C12H11BrN2OS/c13-9-1-3-10(4-2-9)15-12(16)6-5-11-7-17-8-14-11/h1-4,7-8H,5-6H2,(H,15,16). The summed E-state index contributed by atoms with van der Waals surface area (Å²) in [4.78, 5) is 15.8. The average molecular weight is 311 g/mol. The number of benzene rings is 1. The van der Waals surface area contributed by atoms with Gasteiger partial charge in [-0.05, 0) is 30.7 Å². The molecule has 3 nitrogen and oxygen atoms in total. The summed E-state index contributed by atoms with van der Waals surface area (Å²) < 4.78 is 0.998. The normalized spacial score (nSPS) is 10.2. The average Bonchev–Trinajstić information content (AvgIpc) is 2.83. The second kappa shape index (κ2) is 5.93. The van der Waals surface area contributed by atoms with Crippen molar-refractivity contribution in [3.8, 4) is 0 Å². The van der Waals surface area contributed by atoms with E-state index in [1.165, 1.54) is 0 Å². The van der Waals surface area contributed by atoms with Crippen LogP contribution in [0.2, 0.25) is 0 Å². The number of hydrogen-bond acceptors (Lipinski definition) is 3. The summed E-state index contributed by atoms with van der Waals surface area (Å²) in [5.74, 6) is 0.0142. The molecule has 2 rings (SSSR count). The zero-order valence-electron chi connectivity index (χ0n) is 9.02. The first-order valence-electron chi connectivity index (χ1n) is 5.16. The molecule has 0 aliphatic carbocycles. The molecule has 0 aliphatic heterocycles. The van der Waals surface area contributed by atoms with Gasteiger partial charge in [0.05, 0.1) is 11.2 Å². The van der Waals surface area contributed by atoms with Crippen LogP contribution in [-0.4, -0.2) is 10.9 Å². The van der Waals surface area contributed by atoms with Crippen molar-refractivity contribution < 1.29 is 4.79 Å². The van der Waals surface area contributed by atoms with Crippen molar-refractivity contribution in [1.29, 1.82) is 0 Å². The van der Waals surface area contributed by atoms with E-state index >= 15 is 0 Å². The molecule has 2 aromatic rings. The van der Waals surface area contributed by atoms with Crippen LogP contribution in [0.15, 0.2) is 39.6 Å². The van der Waals surface area contributed by atoms with Crippen LogP contribution in [0.1, 0.15) is 12.1 Å². The molecule has 1 amide bonds. The zero-order chi connectivity index (χ0) is 12.1. The molecular formula is C12H11BrN2OS. The molecule has 5 heteroatoms. The number of thiazole rings is 1. The maximum atomic E-state index is 11.6. The Balaban J connectivity index is 1.83. The lowest BCUT2D eigenvalue weighted by Crippen LogP contribution is -2.12. The van der Waals surface area contributed by atoms with E-state index < -0.39 is 0 Å². The second-order valence-corrected chi connectivity index (χ2v) is 5.17. The molecule has 0 saturated carbocycles. The Kier molecular flexibility index (Phi) is 4.28. The molecule has 0 spiro atoms. The van der Waals surface area contributed by atoms with Crippen molar-refractivity contribution in [1.82, 2.24) is 4.98 Å². The van der Waals surface area contributed by atoms with Gasteiger partial charge >= 0.3 is 0 Å². The Hall–Kier alpha value is -1.20. The summed E-state index contributed by atoms with van der Waals surface area (Å²) in [7, 11) is 0. The molecule has 0 aliphatic rings. The van der Waals surface area contributed by atoms with Gasteiger partial charge in [-0.15, -0.1) is 11.3 Å². The first-order valence-corrected chi connectivity index (χ1v) is 6.90. The van der Waals surface area contributed by atoms with Crippen molar-refractivity contribution in [3.63, 3.8) is 0 Å². The molecule has 0 radical (unpaired) electrons. The predicted molar refractivity (Wildman–Crippen MR) is 73.2 cm³/mol. The van der Waals surface area contributed by atoms with Crippen molar-refractivity contribution in [2.45, 2.75) is 12.8 Å². The molecule has 1 aromatic heterocycles. The van der Waals surface area contributed by atoms with Gasteiger partial charge in [-0.2, -0.15) is 0 Å².